The summed E-state index contributed by atoms with van der Waals surface area (Å²) in [6, 6.07) is -0.251. The molecule has 0 aromatic rings. The number of hydrogen-bond acceptors (Lipinski definition) is 5. The topological polar surface area (TPSA) is 93.8 Å². The van der Waals surface area contributed by atoms with Crippen molar-refractivity contribution in [3.8, 4) is 0 Å². The van der Waals surface area contributed by atoms with Gasteiger partial charge >= 0.3 is 6.03 Å². The zero-order valence-electron chi connectivity index (χ0n) is 17.1. The maximum absolute atomic E-state index is 12.8. The molecule has 3 aliphatic heterocycles. The van der Waals surface area contributed by atoms with Gasteiger partial charge in [0.05, 0.1) is 6.04 Å². The number of urea groups is 1. The molecular weight excluding hydrogens is 394 g/mol. The fourth-order valence-corrected chi connectivity index (χ4v) is 5.24. The Labute approximate surface area is 178 Å². The summed E-state index contributed by atoms with van der Waals surface area (Å²) in [7, 11) is 0. The Hall–Kier alpha value is -1.38. The molecular formula is C20H34ClN5O3. The van der Waals surface area contributed by atoms with Crippen molar-refractivity contribution >= 4 is 30.3 Å². The number of carbonyl (C=O) groups is 3. The molecule has 29 heavy (non-hydrogen) atoms. The first-order valence-corrected chi connectivity index (χ1v) is 10.9. The Morgan fingerprint density at radius 2 is 1.90 bits per heavy atom. The van der Waals surface area contributed by atoms with Gasteiger partial charge in [-0.3, -0.25) is 14.5 Å². The van der Waals surface area contributed by atoms with E-state index in [1.54, 1.807) is 0 Å². The van der Waals surface area contributed by atoms with Crippen molar-refractivity contribution in [3.63, 3.8) is 0 Å². The lowest BCUT2D eigenvalue weighted by Gasteiger charge is -2.33. The Morgan fingerprint density at radius 1 is 1.10 bits per heavy atom. The number of hydrogen-bond donors (Lipinski definition) is 3. The van der Waals surface area contributed by atoms with Gasteiger partial charge in [0.15, 0.2) is 0 Å². The van der Waals surface area contributed by atoms with Gasteiger partial charge in [-0.2, -0.15) is 0 Å². The third-order valence-electron chi connectivity index (χ3n) is 6.89. The van der Waals surface area contributed by atoms with Crippen LogP contribution in [-0.2, 0) is 9.59 Å². The van der Waals surface area contributed by atoms with Crippen LogP contribution in [0.2, 0.25) is 0 Å². The van der Waals surface area contributed by atoms with Gasteiger partial charge in [0, 0.05) is 26.2 Å². The van der Waals surface area contributed by atoms with E-state index in [1.807, 2.05) is 0 Å². The molecule has 1 spiro atoms. The third-order valence-corrected chi connectivity index (χ3v) is 6.89. The van der Waals surface area contributed by atoms with Crippen LogP contribution in [0.3, 0.4) is 0 Å². The zero-order chi connectivity index (χ0) is 19.6. The Morgan fingerprint density at radius 3 is 2.62 bits per heavy atom. The van der Waals surface area contributed by atoms with Crippen LogP contribution in [0.4, 0.5) is 4.79 Å². The number of nitrogens with zero attached hydrogens (tertiary/aromatic N) is 2. The highest BCUT2D eigenvalue weighted by Gasteiger charge is 2.52. The summed E-state index contributed by atoms with van der Waals surface area (Å²) in [6.07, 6.45) is 7.76. The summed E-state index contributed by atoms with van der Waals surface area (Å²) >= 11 is 0. The number of carbonyl (C=O) groups excluding carboxylic acids is 3. The number of imide groups is 1. The smallest absolute Gasteiger partial charge is 0.325 e. The highest BCUT2D eigenvalue weighted by Crippen LogP contribution is 2.35. The van der Waals surface area contributed by atoms with E-state index in [2.05, 4.69) is 20.9 Å². The van der Waals surface area contributed by atoms with E-state index in [4.69, 9.17) is 0 Å². The van der Waals surface area contributed by atoms with Gasteiger partial charge in [0.1, 0.15) is 5.54 Å². The van der Waals surface area contributed by atoms with E-state index in [1.165, 1.54) is 4.90 Å². The summed E-state index contributed by atoms with van der Waals surface area (Å²) < 4.78 is 0. The van der Waals surface area contributed by atoms with Crippen LogP contribution in [0.1, 0.15) is 51.4 Å². The molecule has 0 bridgehead atoms. The molecule has 0 aromatic heterocycles. The van der Waals surface area contributed by atoms with Gasteiger partial charge in [-0.25, -0.2) is 4.79 Å². The van der Waals surface area contributed by atoms with E-state index < -0.39 is 5.54 Å². The second kappa shape index (κ2) is 9.62. The minimum Gasteiger partial charge on any atom is -0.354 e. The number of halogens is 1. The SMILES string of the molecule is Cl.O=C(NCC1CCCN(CCN2C(=O)NC3(CCCC3)C2=O)C1)C1CCCN1. The van der Waals surface area contributed by atoms with Crippen LogP contribution < -0.4 is 16.0 Å². The highest BCUT2D eigenvalue weighted by molar-refractivity contribution is 6.07. The molecule has 0 aromatic carbocycles. The standard InChI is InChI=1S/C20H33N5O3.ClH/c26-17(16-6-3-9-21-16)22-13-15-5-4-10-24(14-15)11-12-25-18(27)20(23-19(25)28)7-1-2-8-20;/h15-16,21H,1-14H2,(H,22,26)(H,23,28);1H. The molecule has 3 saturated heterocycles. The zero-order valence-corrected chi connectivity index (χ0v) is 17.9. The van der Waals surface area contributed by atoms with Crippen molar-refractivity contribution in [3.05, 3.63) is 0 Å². The van der Waals surface area contributed by atoms with Crippen molar-refractivity contribution in [1.29, 1.82) is 0 Å². The first kappa shape index (κ1) is 22.3. The van der Waals surface area contributed by atoms with Crippen LogP contribution in [0.15, 0.2) is 0 Å². The number of amides is 4. The summed E-state index contributed by atoms with van der Waals surface area (Å²) in [5, 5.41) is 9.29. The Balaban J connectivity index is 0.00000240. The summed E-state index contributed by atoms with van der Waals surface area (Å²) in [4.78, 5) is 41.0. The molecule has 2 unspecified atom stereocenters. The molecule has 3 heterocycles. The fraction of sp³-hybridized carbons (Fsp3) is 0.850. The number of likely N-dealkylation sites (tertiary alicyclic amines) is 1. The third kappa shape index (κ3) is 4.86. The Kier molecular flexibility index (Phi) is 7.40. The molecule has 1 aliphatic carbocycles. The van der Waals surface area contributed by atoms with Gasteiger partial charge < -0.3 is 20.9 Å². The first-order valence-electron chi connectivity index (χ1n) is 10.9. The van der Waals surface area contributed by atoms with E-state index in [9.17, 15) is 14.4 Å². The molecule has 2 atom stereocenters. The summed E-state index contributed by atoms with van der Waals surface area (Å²) in [5.74, 6) is 0.527. The molecule has 9 heteroatoms. The molecule has 3 N–H and O–H groups in total. The summed E-state index contributed by atoms with van der Waals surface area (Å²) in [5.41, 5.74) is -0.611. The van der Waals surface area contributed by atoms with Gasteiger partial charge in [0.2, 0.25) is 5.91 Å². The van der Waals surface area contributed by atoms with E-state index >= 15 is 0 Å². The first-order chi connectivity index (χ1) is 13.6. The maximum atomic E-state index is 12.8. The van der Waals surface area contributed by atoms with Gasteiger partial charge in [-0.05, 0) is 57.5 Å². The van der Waals surface area contributed by atoms with Crippen molar-refractivity contribution in [2.45, 2.75) is 62.9 Å². The number of rotatable bonds is 6. The lowest BCUT2D eigenvalue weighted by atomic mass is 9.97. The van der Waals surface area contributed by atoms with Gasteiger partial charge in [0.25, 0.3) is 5.91 Å². The summed E-state index contributed by atoms with van der Waals surface area (Å²) in [6.45, 7) is 4.71. The van der Waals surface area contributed by atoms with Gasteiger partial charge in [-0.15, -0.1) is 12.4 Å². The normalized spacial score (nSPS) is 29.2. The molecule has 4 rings (SSSR count). The molecule has 0 radical (unpaired) electrons. The lowest BCUT2D eigenvalue weighted by molar-refractivity contribution is -0.131. The molecule has 1 saturated carbocycles. The quantitative estimate of drug-likeness (QED) is 0.546. The Bertz CT molecular complexity index is 619. The average Bonchev–Trinajstić information content (AvgIpc) is 3.43. The minimum absolute atomic E-state index is 0. The van der Waals surface area contributed by atoms with Crippen molar-refractivity contribution < 1.29 is 14.4 Å². The van der Waals surface area contributed by atoms with Crippen LogP contribution >= 0.6 is 12.4 Å². The predicted molar refractivity (Wildman–Crippen MR) is 112 cm³/mol. The van der Waals surface area contributed by atoms with Crippen molar-refractivity contribution in [2.24, 2.45) is 5.92 Å². The number of nitrogens with one attached hydrogen (secondary N) is 3. The molecule has 4 aliphatic rings. The molecule has 4 amide bonds. The van der Waals surface area contributed by atoms with E-state index in [0.29, 0.717) is 25.6 Å². The van der Waals surface area contributed by atoms with Crippen molar-refractivity contribution in [2.75, 3.05) is 39.3 Å². The molecule has 8 nitrogen and oxygen atoms in total. The lowest BCUT2D eigenvalue weighted by Crippen LogP contribution is -2.47. The van der Waals surface area contributed by atoms with Crippen molar-refractivity contribution in [1.82, 2.24) is 25.8 Å². The average molecular weight is 428 g/mol. The number of piperidine rings is 1. The van der Waals surface area contributed by atoms with Crippen LogP contribution in [0, 0.1) is 5.92 Å². The van der Waals surface area contributed by atoms with Crippen LogP contribution in [0.5, 0.6) is 0 Å². The monoisotopic (exact) mass is 427 g/mol. The largest absolute Gasteiger partial charge is 0.354 e. The van der Waals surface area contributed by atoms with Crippen LogP contribution in [-0.4, -0.2) is 78.5 Å². The second-order valence-corrected chi connectivity index (χ2v) is 8.88. The predicted octanol–water partition coefficient (Wildman–Crippen LogP) is 0.853. The van der Waals surface area contributed by atoms with E-state index in [-0.39, 0.29) is 36.3 Å². The molecule has 4 fully saturated rings. The maximum Gasteiger partial charge on any atom is 0.325 e. The molecule has 164 valence electrons. The van der Waals surface area contributed by atoms with Gasteiger partial charge in [-0.1, -0.05) is 12.8 Å². The van der Waals surface area contributed by atoms with Crippen LogP contribution in [0.25, 0.3) is 0 Å². The minimum atomic E-state index is -0.611. The highest BCUT2D eigenvalue weighted by atomic mass is 35.5. The second-order valence-electron chi connectivity index (χ2n) is 8.88. The van der Waals surface area contributed by atoms with E-state index in [0.717, 1.165) is 71.0 Å². The fourth-order valence-electron chi connectivity index (χ4n) is 5.24.